The summed E-state index contributed by atoms with van der Waals surface area (Å²) in [7, 11) is -1.22. The van der Waals surface area contributed by atoms with E-state index in [1.807, 2.05) is 6.92 Å². The zero-order valence-corrected chi connectivity index (χ0v) is 9.40. The van der Waals surface area contributed by atoms with Crippen LogP contribution in [0.5, 0.6) is 0 Å². The van der Waals surface area contributed by atoms with Gasteiger partial charge in [0.15, 0.2) is 0 Å². The Labute approximate surface area is 70.9 Å². The Bertz CT molecular complexity index is 95.6. The second-order valence-electron chi connectivity index (χ2n) is 3.15. The summed E-state index contributed by atoms with van der Waals surface area (Å²) in [5, 5.41) is 0.332. The van der Waals surface area contributed by atoms with Gasteiger partial charge in [0, 0.05) is 6.61 Å². The van der Waals surface area contributed by atoms with Gasteiger partial charge in [-0.1, -0.05) is 27.2 Å². The first-order valence-electron chi connectivity index (χ1n) is 3.84. The fraction of sp³-hybridized carbons (Fsp3) is 1.00. The molecule has 0 fully saturated rings. The molecule has 0 aliphatic carbocycles. The van der Waals surface area contributed by atoms with Crippen molar-refractivity contribution < 1.29 is 4.43 Å². The monoisotopic (exact) mass is 178 g/mol. The Hall–Kier alpha value is 0.527. The predicted molar refractivity (Wildman–Crippen MR) is 52.1 cm³/mol. The van der Waals surface area contributed by atoms with Crippen LogP contribution >= 0.6 is 12.1 Å². The first kappa shape index (κ1) is 10.5. The minimum Gasteiger partial charge on any atom is -0.410 e. The molecule has 0 N–H and O–H groups in total. The van der Waals surface area contributed by atoms with Crippen molar-refractivity contribution in [3.63, 3.8) is 0 Å². The molecule has 1 nitrogen and oxygen atoms in total. The van der Waals surface area contributed by atoms with E-state index in [1.165, 1.54) is 0 Å². The van der Waals surface area contributed by atoms with Crippen LogP contribution in [0.2, 0.25) is 5.04 Å². The van der Waals surface area contributed by atoms with Crippen LogP contribution in [0.15, 0.2) is 0 Å². The van der Waals surface area contributed by atoms with Crippen molar-refractivity contribution in [3.8, 4) is 0 Å². The van der Waals surface area contributed by atoms with E-state index in [4.69, 9.17) is 4.43 Å². The minimum atomic E-state index is -1.22. The number of hydrogen-bond acceptors (Lipinski definition) is 2. The molecule has 0 aromatic carbocycles. The lowest BCUT2D eigenvalue weighted by Gasteiger charge is -2.27. The Kier molecular flexibility index (Phi) is 4.65. The molecule has 0 aliphatic heterocycles. The van der Waals surface area contributed by atoms with E-state index in [0.29, 0.717) is 5.04 Å². The van der Waals surface area contributed by atoms with Gasteiger partial charge in [-0.15, -0.1) is 0 Å². The van der Waals surface area contributed by atoms with Gasteiger partial charge < -0.3 is 4.43 Å². The molecule has 0 heterocycles. The summed E-state index contributed by atoms with van der Waals surface area (Å²) in [6.45, 7) is 9.49. The highest BCUT2D eigenvalue weighted by Crippen LogP contribution is 2.34. The van der Waals surface area contributed by atoms with E-state index in [2.05, 4.69) is 32.8 Å². The maximum absolute atomic E-state index is 5.50. The Morgan fingerprint density at radius 3 is 2.20 bits per heavy atom. The van der Waals surface area contributed by atoms with Gasteiger partial charge in [-0.25, -0.2) is 0 Å². The molecule has 0 spiro atoms. The molecule has 1 atom stereocenters. The fourth-order valence-electron chi connectivity index (χ4n) is 0.558. The van der Waals surface area contributed by atoms with Gasteiger partial charge in [0.05, 0.1) is 0 Å². The van der Waals surface area contributed by atoms with Crippen molar-refractivity contribution in [1.29, 1.82) is 0 Å². The first-order chi connectivity index (χ1) is 4.54. The van der Waals surface area contributed by atoms with E-state index in [9.17, 15) is 0 Å². The van der Waals surface area contributed by atoms with Crippen molar-refractivity contribution >= 4 is 20.3 Å². The topological polar surface area (TPSA) is 9.23 Å². The zero-order chi connectivity index (χ0) is 8.20. The molecule has 0 aromatic rings. The number of thiol groups is 1. The molecule has 3 heteroatoms. The standard InChI is InChI=1S/C7H18OSSi/c1-5-7(3,4)10(9)8-6-2/h9-10H,5-6H2,1-4H3. The van der Waals surface area contributed by atoms with Gasteiger partial charge in [0.2, 0.25) is 8.19 Å². The van der Waals surface area contributed by atoms with Crippen LogP contribution in [0.25, 0.3) is 0 Å². The van der Waals surface area contributed by atoms with E-state index in [-0.39, 0.29) is 0 Å². The molecule has 0 rings (SSSR count). The highest BCUT2D eigenvalue weighted by molar-refractivity contribution is 8.09. The van der Waals surface area contributed by atoms with E-state index >= 15 is 0 Å². The average molecular weight is 178 g/mol. The summed E-state index contributed by atoms with van der Waals surface area (Å²) in [6, 6.07) is 0. The van der Waals surface area contributed by atoms with E-state index in [1.54, 1.807) is 0 Å². The predicted octanol–water partition coefficient (Wildman–Crippen LogP) is 2.36. The molecule has 0 aromatic heterocycles. The molecule has 0 bridgehead atoms. The Morgan fingerprint density at radius 1 is 1.40 bits per heavy atom. The lowest BCUT2D eigenvalue weighted by atomic mass is 10.1. The Morgan fingerprint density at radius 2 is 1.90 bits per heavy atom. The maximum Gasteiger partial charge on any atom is 0.240 e. The van der Waals surface area contributed by atoms with Crippen LogP contribution in [-0.4, -0.2) is 14.8 Å². The summed E-state index contributed by atoms with van der Waals surface area (Å²) >= 11 is 4.49. The third-order valence-corrected chi connectivity index (χ3v) is 6.84. The van der Waals surface area contributed by atoms with Crippen molar-refractivity contribution in [2.45, 2.75) is 39.2 Å². The van der Waals surface area contributed by atoms with Crippen LogP contribution < -0.4 is 0 Å². The molecule has 0 saturated carbocycles. The molecule has 0 amide bonds. The summed E-state index contributed by atoms with van der Waals surface area (Å²) in [5.41, 5.74) is 0. The molecule has 10 heavy (non-hydrogen) atoms. The van der Waals surface area contributed by atoms with Crippen molar-refractivity contribution in [2.75, 3.05) is 6.61 Å². The van der Waals surface area contributed by atoms with Crippen LogP contribution in [0.4, 0.5) is 0 Å². The Balaban J connectivity index is 3.78. The van der Waals surface area contributed by atoms with Gasteiger partial charge in [0.25, 0.3) is 0 Å². The van der Waals surface area contributed by atoms with Crippen LogP contribution in [-0.2, 0) is 4.43 Å². The molecule has 0 aliphatic rings. The smallest absolute Gasteiger partial charge is 0.240 e. The van der Waals surface area contributed by atoms with Gasteiger partial charge in [0.1, 0.15) is 0 Å². The lowest BCUT2D eigenvalue weighted by Crippen LogP contribution is -2.25. The minimum absolute atomic E-state index is 0.332. The molecule has 62 valence electrons. The van der Waals surface area contributed by atoms with Gasteiger partial charge >= 0.3 is 0 Å². The van der Waals surface area contributed by atoms with Crippen molar-refractivity contribution in [2.24, 2.45) is 0 Å². The lowest BCUT2D eigenvalue weighted by molar-refractivity contribution is 0.332. The number of rotatable bonds is 4. The zero-order valence-electron chi connectivity index (χ0n) is 7.35. The molecule has 0 radical (unpaired) electrons. The quantitative estimate of drug-likeness (QED) is 0.514. The second-order valence-corrected chi connectivity index (χ2v) is 7.16. The van der Waals surface area contributed by atoms with Crippen LogP contribution in [0.1, 0.15) is 34.1 Å². The molecule has 1 unspecified atom stereocenters. The van der Waals surface area contributed by atoms with Crippen LogP contribution in [0, 0.1) is 0 Å². The maximum atomic E-state index is 5.50. The van der Waals surface area contributed by atoms with Crippen molar-refractivity contribution in [1.82, 2.24) is 0 Å². The van der Waals surface area contributed by atoms with Crippen molar-refractivity contribution in [3.05, 3.63) is 0 Å². The molecule has 0 saturated heterocycles. The normalized spacial score (nSPS) is 15.3. The van der Waals surface area contributed by atoms with Gasteiger partial charge in [-0.05, 0) is 12.0 Å². The highest BCUT2D eigenvalue weighted by Gasteiger charge is 2.27. The molecular weight excluding hydrogens is 160 g/mol. The fourth-order valence-corrected chi connectivity index (χ4v) is 2.67. The third kappa shape index (κ3) is 3.08. The third-order valence-electron chi connectivity index (χ3n) is 1.90. The molecular formula is C7H18OSSi. The summed E-state index contributed by atoms with van der Waals surface area (Å²) in [6.07, 6.45) is 1.16. The van der Waals surface area contributed by atoms with E-state index < -0.39 is 8.19 Å². The average Bonchev–Trinajstić information content (AvgIpc) is 1.89. The second kappa shape index (κ2) is 4.41. The largest absolute Gasteiger partial charge is 0.410 e. The summed E-state index contributed by atoms with van der Waals surface area (Å²) in [5.74, 6) is 0. The van der Waals surface area contributed by atoms with Gasteiger partial charge in [-0.2, -0.15) is 12.1 Å². The SMILES string of the molecule is CCO[SiH](S)C(C)(C)CC. The summed E-state index contributed by atoms with van der Waals surface area (Å²) < 4.78 is 5.50. The summed E-state index contributed by atoms with van der Waals surface area (Å²) in [4.78, 5) is 0. The van der Waals surface area contributed by atoms with Gasteiger partial charge in [-0.3, -0.25) is 0 Å². The van der Waals surface area contributed by atoms with Crippen LogP contribution in [0.3, 0.4) is 0 Å². The highest BCUT2D eigenvalue weighted by atomic mass is 32.3. The number of hydrogen-bond donors (Lipinski definition) is 1. The van der Waals surface area contributed by atoms with E-state index in [0.717, 1.165) is 13.0 Å². The first-order valence-corrected chi connectivity index (χ1v) is 6.95.